The number of fused-ring (bicyclic) bond motifs is 2. The van der Waals surface area contributed by atoms with Gasteiger partial charge in [-0.1, -0.05) is 17.7 Å². The first-order chi connectivity index (χ1) is 15.4. The Morgan fingerprint density at radius 2 is 1.84 bits per heavy atom. The topological polar surface area (TPSA) is 110 Å². The smallest absolute Gasteiger partial charge is 0.318 e. The molecule has 0 saturated carbocycles. The van der Waals surface area contributed by atoms with Crippen molar-refractivity contribution < 1.29 is 28.5 Å². The van der Waals surface area contributed by atoms with Gasteiger partial charge in [0.25, 0.3) is 0 Å². The summed E-state index contributed by atoms with van der Waals surface area (Å²) in [6.45, 7) is -0.0860. The molecule has 0 saturated heterocycles. The van der Waals surface area contributed by atoms with Gasteiger partial charge in [-0.15, -0.1) is 0 Å². The number of nitrogens with one attached hydrogen (secondary N) is 1. The van der Waals surface area contributed by atoms with Gasteiger partial charge in [0, 0.05) is 17.5 Å². The van der Waals surface area contributed by atoms with E-state index in [1.807, 2.05) is 0 Å². The fourth-order valence-electron chi connectivity index (χ4n) is 3.41. The summed E-state index contributed by atoms with van der Waals surface area (Å²) < 4.78 is 40.5. The molecule has 4 rings (SSSR count). The number of hydrogen-bond acceptors (Lipinski definition) is 8. The highest BCUT2D eigenvalue weighted by Gasteiger charge is 2.25. The van der Waals surface area contributed by atoms with Crippen molar-refractivity contribution in [2.24, 2.45) is 0 Å². The largest absolute Gasteiger partial charge is 0.508 e. The first-order valence-electron chi connectivity index (χ1n) is 9.34. The van der Waals surface area contributed by atoms with Gasteiger partial charge < -0.3 is 25.0 Å². The Morgan fingerprint density at radius 3 is 2.53 bits per heavy atom. The zero-order valence-electron chi connectivity index (χ0n) is 16.9. The molecular formula is C21H17ClF2N4O4. The van der Waals surface area contributed by atoms with E-state index < -0.39 is 11.6 Å². The van der Waals surface area contributed by atoms with Crippen molar-refractivity contribution in [2.75, 3.05) is 32.7 Å². The van der Waals surface area contributed by atoms with E-state index in [-0.39, 0.29) is 69.2 Å². The van der Waals surface area contributed by atoms with Gasteiger partial charge in [0.05, 0.1) is 25.8 Å². The number of aliphatic hydroxyl groups excluding tert-OH is 1. The van der Waals surface area contributed by atoms with Crippen LogP contribution < -0.4 is 14.8 Å². The summed E-state index contributed by atoms with van der Waals surface area (Å²) in [6.07, 6.45) is 0. The highest BCUT2D eigenvalue weighted by Crippen LogP contribution is 2.42. The van der Waals surface area contributed by atoms with Crippen LogP contribution in [0.15, 0.2) is 24.3 Å². The monoisotopic (exact) mass is 462 g/mol. The molecule has 0 aliphatic carbocycles. The molecule has 4 aromatic rings. The van der Waals surface area contributed by atoms with Crippen molar-refractivity contribution in [1.82, 2.24) is 15.0 Å². The van der Waals surface area contributed by atoms with Crippen molar-refractivity contribution in [3.05, 3.63) is 40.9 Å². The second kappa shape index (κ2) is 8.56. The lowest BCUT2D eigenvalue weighted by atomic mass is 9.99. The third-order valence-electron chi connectivity index (χ3n) is 4.76. The Morgan fingerprint density at radius 1 is 1.06 bits per heavy atom. The number of phenols is 1. The Hall–Kier alpha value is -3.50. The second-order valence-corrected chi connectivity index (χ2v) is 7.05. The zero-order valence-corrected chi connectivity index (χ0v) is 17.7. The Balaban J connectivity index is 2.12. The average Bonchev–Trinajstić information content (AvgIpc) is 2.79. The van der Waals surface area contributed by atoms with Crippen LogP contribution in [0.2, 0.25) is 5.02 Å². The van der Waals surface area contributed by atoms with Gasteiger partial charge in [-0.25, -0.2) is 13.8 Å². The van der Waals surface area contributed by atoms with Crippen molar-refractivity contribution in [2.45, 2.75) is 0 Å². The first-order valence-corrected chi connectivity index (χ1v) is 9.72. The number of rotatable bonds is 6. The van der Waals surface area contributed by atoms with Crippen LogP contribution in [0.5, 0.6) is 17.6 Å². The summed E-state index contributed by atoms with van der Waals surface area (Å²) in [7, 11) is 2.65. The molecule has 2 heterocycles. The minimum Gasteiger partial charge on any atom is -0.508 e. The molecule has 11 heteroatoms. The number of hydrogen-bond donors (Lipinski definition) is 3. The molecule has 166 valence electrons. The summed E-state index contributed by atoms with van der Waals surface area (Å²) in [5.74, 6) is -1.69. The van der Waals surface area contributed by atoms with E-state index in [2.05, 4.69) is 20.3 Å². The molecule has 0 fully saturated rings. The summed E-state index contributed by atoms with van der Waals surface area (Å²) >= 11 is 6.19. The van der Waals surface area contributed by atoms with Gasteiger partial charge in [-0.3, -0.25) is 0 Å². The Kier molecular flexibility index (Phi) is 5.81. The minimum atomic E-state index is -0.888. The SMILES string of the molecule is COc1nc(NCCO)c2c(OC)nc(-c3cc(O)cc4ccc(F)c(Cl)c34)c(F)c2n1. The quantitative estimate of drug-likeness (QED) is 0.396. The van der Waals surface area contributed by atoms with Gasteiger partial charge in [-0.05, 0) is 23.6 Å². The second-order valence-electron chi connectivity index (χ2n) is 6.67. The molecule has 0 amide bonds. The van der Waals surface area contributed by atoms with Crippen LogP contribution in [0.25, 0.3) is 32.9 Å². The van der Waals surface area contributed by atoms with E-state index in [0.29, 0.717) is 5.39 Å². The van der Waals surface area contributed by atoms with Crippen molar-refractivity contribution >= 4 is 39.1 Å². The fraction of sp³-hybridized carbons (Fsp3) is 0.190. The van der Waals surface area contributed by atoms with Crippen LogP contribution in [0.1, 0.15) is 0 Å². The number of pyridine rings is 1. The fourth-order valence-corrected chi connectivity index (χ4v) is 3.68. The number of nitrogens with zero attached hydrogens (tertiary/aromatic N) is 3. The molecule has 0 bridgehead atoms. The third-order valence-corrected chi connectivity index (χ3v) is 5.13. The Bertz CT molecular complexity index is 1350. The van der Waals surface area contributed by atoms with E-state index in [9.17, 15) is 9.50 Å². The molecule has 0 atom stereocenters. The molecule has 8 nitrogen and oxygen atoms in total. The summed E-state index contributed by atoms with van der Waals surface area (Å²) in [4.78, 5) is 12.5. The van der Waals surface area contributed by atoms with E-state index in [1.54, 1.807) is 0 Å². The molecule has 0 unspecified atom stereocenters. The molecule has 0 spiro atoms. The van der Waals surface area contributed by atoms with Gasteiger partial charge in [0.1, 0.15) is 34.0 Å². The van der Waals surface area contributed by atoms with Gasteiger partial charge in [0.2, 0.25) is 5.88 Å². The maximum absolute atomic E-state index is 15.8. The van der Waals surface area contributed by atoms with E-state index >= 15 is 4.39 Å². The molecule has 3 N–H and O–H groups in total. The molecule has 0 aliphatic rings. The van der Waals surface area contributed by atoms with Gasteiger partial charge in [-0.2, -0.15) is 9.97 Å². The number of methoxy groups -OCH3 is 2. The summed E-state index contributed by atoms with van der Waals surface area (Å²) in [5, 5.41) is 22.6. The third kappa shape index (κ3) is 3.57. The van der Waals surface area contributed by atoms with Crippen molar-refractivity contribution in [3.63, 3.8) is 0 Å². The van der Waals surface area contributed by atoms with Crippen molar-refractivity contribution in [1.29, 1.82) is 0 Å². The predicted octanol–water partition coefficient (Wildman–Crippen LogP) is 3.90. The molecular weight excluding hydrogens is 446 g/mol. The van der Waals surface area contributed by atoms with Gasteiger partial charge >= 0.3 is 6.01 Å². The van der Waals surface area contributed by atoms with Crippen LogP contribution in [0, 0.1) is 11.6 Å². The van der Waals surface area contributed by atoms with Crippen LogP contribution in [-0.4, -0.2) is 52.5 Å². The average molecular weight is 463 g/mol. The van der Waals surface area contributed by atoms with Crippen LogP contribution >= 0.6 is 11.6 Å². The lowest BCUT2D eigenvalue weighted by molar-refractivity contribution is 0.311. The molecule has 2 aromatic heterocycles. The lowest BCUT2D eigenvalue weighted by Gasteiger charge is -2.16. The number of ether oxygens (including phenoxy) is 2. The molecule has 0 aliphatic heterocycles. The number of aliphatic hydroxyl groups is 1. The number of benzene rings is 2. The van der Waals surface area contributed by atoms with Crippen LogP contribution in [-0.2, 0) is 0 Å². The van der Waals surface area contributed by atoms with Crippen LogP contribution in [0.3, 0.4) is 0 Å². The minimum absolute atomic E-state index is 0.0384. The Labute approximate surface area is 185 Å². The standard InChI is InChI=1S/C21H17ClF2N4O4/c1-31-20-14-18(27-21(32-2)28-19(14)25-5-6-29)16(24)17(26-20)11-8-10(30)7-9-3-4-12(23)15(22)13(9)11/h3-4,7-8,29-30H,5-6H2,1-2H3,(H,25,27,28). The normalized spacial score (nSPS) is 11.2. The number of halogens is 3. The zero-order chi connectivity index (χ0) is 23.0. The lowest BCUT2D eigenvalue weighted by Crippen LogP contribution is -2.10. The number of phenolic OH excluding ortho intramolecular Hbond substituents is 1. The number of aromatic hydroxyl groups is 1. The highest BCUT2D eigenvalue weighted by atomic mass is 35.5. The van der Waals surface area contributed by atoms with Crippen molar-refractivity contribution in [3.8, 4) is 28.9 Å². The summed E-state index contributed by atoms with van der Waals surface area (Å²) in [6, 6.07) is 5.03. The first kappa shape index (κ1) is 21.7. The number of aromatic nitrogens is 3. The maximum Gasteiger partial charge on any atom is 0.318 e. The molecule has 32 heavy (non-hydrogen) atoms. The summed E-state index contributed by atoms with van der Waals surface area (Å²) in [5.41, 5.74) is -0.413. The van der Waals surface area contributed by atoms with E-state index in [0.717, 1.165) is 6.07 Å². The van der Waals surface area contributed by atoms with E-state index in [4.69, 9.17) is 26.2 Å². The molecule has 2 aromatic carbocycles. The van der Waals surface area contributed by atoms with Crippen LogP contribution in [0.4, 0.5) is 14.6 Å². The highest BCUT2D eigenvalue weighted by molar-refractivity contribution is 6.37. The van der Waals surface area contributed by atoms with E-state index in [1.165, 1.54) is 32.4 Å². The maximum atomic E-state index is 15.8. The van der Waals surface area contributed by atoms with Gasteiger partial charge in [0.15, 0.2) is 5.82 Å². The molecule has 0 radical (unpaired) electrons. The predicted molar refractivity (Wildman–Crippen MR) is 116 cm³/mol. The number of anilines is 1.